The van der Waals surface area contributed by atoms with Crippen molar-refractivity contribution in [1.29, 1.82) is 0 Å². The second-order valence-corrected chi connectivity index (χ2v) is 8.36. The van der Waals surface area contributed by atoms with E-state index in [4.69, 9.17) is 5.73 Å². The van der Waals surface area contributed by atoms with Gasteiger partial charge in [-0.1, -0.05) is 0 Å². The Kier molecular flexibility index (Phi) is 5.26. The summed E-state index contributed by atoms with van der Waals surface area (Å²) in [7, 11) is -3.18. The first-order valence-corrected chi connectivity index (χ1v) is 9.34. The van der Waals surface area contributed by atoms with E-state index in [1.807, 2.05) is 13.8 Å². The molecule has 128 valence electrons. The van der Waals surface area contributed by atoms with Crippen molar-refractivity contribution in [3.05, 3.63) is 17.6 Å². The number of rotatable bonds is 7. The zero-order valence-electron chi connectivity index (χ0n) is 14.1. The molecule has 7 nitrogen and oxygen atoms in total. The van der Waals surface area contributed by atoms with E-state index in [-0.39, 0.29) is 0 Å². The molecular weight excluding hydrogens is 314 g/mol. The molecule has 0 aromatic carbocycles. The maximum Gasteiger partial charge on any atom is 0.213 e. The number of hydrogen-bond donors (Lipinski definition) is 2. The van der Waals surface area contributed by atoms with Crippen molar-refractivity contribution in [1.82, 2.24) is 19.3 Å². The lowest BCUT2D eigenvalue weighted by Gasteiger charge is -2.10. The van der Waals surface area contributed by atoms with Crippen LogP contribution in [0.15, 0.2) is 6.33 Å². The highest BCUT2D eigenvalue weighted by molar-refractivity contribution is 7.90. The average molecular weight is 339 g/mol. The Morgan fingerprint density at radius 2 is 2.00 bits per heavy atom. The maximum atomic E-state index is 11.7. The van der Waals surface area contributed by atoms with Crippen LogP contribution in [0.25, 0.3) is 11.0 Å². The van der Waals surface area contributed by atoms with Crippen molar-refractivity contribution in [2.75, 3.05) is 12.3 Å². The normalized spacial score (nSPS) is 12.4. The van der Waals surface area contributed by atoms with Gasteiger partial charge in [0.15, 0.2) is 5.82 Å². The van der Waals surface area contributed by atoms with Gasteiger partial charge in [0.2, 0.25) is 10.0 Å². The molecule has 0 radical (unpaired) electrons. The first-order chi connectivity index (χ1) is 10.7. The van der Waals surface area contributed by atoms with Gasteiger partial charge in [-0.3, -0.25) is 0 Å². The molecule has 0 fully saturated rings. The third-order valence-electron chi connectivity index (χ3n) is 4.02. The molecule has 3 N–H and O–H groups in total. The Bertz CT molecular complexity index is 796. The molecule has 0 saturated heterocycles. The van der Waals surface area contributed by atoms with Crippen LogP contribution in [0.4, 0.5) is 5.82 Å². The number of imidazole rings is 1. The van der Waals surface area contributed by atoms with Crippen LogP contribution in [-0.2, 0) is 16.6 Å². The van der Waals surface area contributed by atoms with Gasteiger partial charge >= 0.3 is 0 Å². The van der Waals surface area contributed by atoms with Crippen LogP contribution in [0, 0.1) is 13.8 Å². The van der Waals surface area contributed by atoms with Crippen LogP contribution in [0.3, 0.4) is 0 Å². The lowest BCUT2D eigenvalue weighted by Crippen LogP contribution is -2.31. The SMILES string of the molecule is Cc1nc(N)c2ncn(CCCCNS(=O)(=O)C(C)C)c2c1C. The predicted molar refractivity (Wildman–Crippen MR) is 92.7 cm³/mol. The number of aromatic nitrogens is 3. The van der Waals surface area contributed by atoms with Gasteiger partial charge in [0.1, 0.15) is 5.52 Å². The molecule has 0 aliphatic carbocycles. The van der Waals surface area contributed by atoms with E-state index in [0.29, 0.717) is 12.4 Å². The molecule has 23 heavy (non-hydrogen) atoms. The Labute approximate surface area is 137 Å². The van der Waals surface area contributed by atoms with Crippen molar-refractivity contribution in [3.8, 4) is 0 Å². The van der Waals surface area contributed by atoms with E-state index in [1.54, 1.807) is 20.2 Å². The molecule has 0 aliphatic heterocycles. The molecule has 2 aromatic rings. The summed E-state index contributed by atoms with van der Waals surface area (Å²) in [5.74, 6) is 0.451. The lowest BCUT2D eigenvalue weighted by molar-refractivity contribution is 0.561. The number of nitrogens with two attached hydrogens (primary N) is 1. The molecule has 2 rings (SSSR count). The molecule has 2 aromatic heterocycles. The summed E-state index contributed by atoms with van der Waals surface area (Å²) in [6.45, 7) is 8.51. The van der Waals surface area contributed by atoms with Gasteiger partial charge in [-0.05, 0) is 46.1 Å². The molecule has 0 atom stereocenters. The predicted octanol–water partition coefficient (Wildman–Crippen LogP) is 1.74. The number of fused-ring (bicyclic) bond motifs is 1. The molecule has 0 bridgehead atoms. The van der Waals surface area contributed by atoms with E-state index in [9.17, 15) is 8.42 Å². The molecule has 0 amide bonds. The third-order valence-corrected chi connectivity index (χ3v) is 5.86. The van der Waals surface area contributed by atoms with Crippen molar-refractivity contribution in [3.63, 3.8) is 0 Å². The number of hydrogen-bond acceptors (Lipinski definition) is 5. The van der Waals surface area contributed by atoms with Gasteiger partial charge in [-0.2, -0.15) is 0 Å². The summed E-state index contributed by atoms with van der Waals surface area (Å²) < 4.78 is 28.0. The quantitative estimate of drug-likeness (QED) is 0.748. The Morgan fingerprint density at radius 3 is 2.65 bits per heavy atom. The molecule has 0 unspecified atom stereocenters. The van der Waals surface area contributed by atoms with Crippen LogP contribution in [0.2, 0.25) is 0 Å². The zero-order chi connectivity index (χ0) is 17.2. The summed E-state index contributed by atoms with van der Waals surface area (Å²) in [4.78, 5) is 8.64. The van der Waals surface area contributed by atoms with Gasteiger partial charge in [-0.15, -0.1) is 0 Å². The Balaban J connectivity index is 1.99. The molecular formula is C15H25N5O2S. The molecule has 0 aliphatic rings. The minimum atomic E-state index is -3.18. The van der Waals surface area contributed by atoms with Gasteiger partial charge in [-0.25, -0.2) is 23.1 Å². The highest BCUT2D eigenvalue weighted by atomic mass is 32.2. The number of aryl methyl sites for hydroxylation is 3. The standard InChI is InChI=1S/C15H25N5O2S/c1-10(2)23(21,22)18-7-5-6-8-20-9-17-13-14(20)11(3)12(4)19-15(13)16/h9-10,18H,5-8H2,1-4H3,(H2,16,19). The van der Waals surface area contributed by atoms with Gasteiger partial charge < -0.3 is 10.3 Å². The van der Waals surface area contributed by atoms with Crippen LogP contribution < -0.4 is 10.5 Å². The van der Waals surface area contributed by atoms with E-state index in [2.05, 4.69) is 19.3 Å². The minimum absolute atomic E-state index is 0.402. The third kappa shape index (κ3) is 3.81. The molecule has 2 heterocycles. The summed E-state index contributed by atoms with van der Waals surface area (Å²) >= 11 is 0. The number of pyridine rings is 1. The summed E-state index contributed by atoms with van der Waals surface area (Å²) in [5, 5.41) is -0.402. The number of anilines is 1. The average Bonchev–Trinajstić information content (AvgIpc) is 2.89. The number of nitrogens with zero attached hydrogens (tertiary/aromatic N) is 3. The highest BCUT2D eigenvalue weighted by Gasteiger charge is 2.15. The molecule has 0 saturated carbocycles. The zero-order valence-corrected chi connectivity index (χ0v) is 14.9. The van der Waals surface area contributed by atoms with E-state index >= 15 is 0 Å². The fraction of sp³-hybridized carbons (Fsp3) is 0.600. The maximum absolute atomic E-state index is 11.7. The van der Waals surface area contributed by atoms with Crippen molar-refractivity contribution in [2.24, 2.45) is 0 Å². The highest BCUT2D eigenvalue weighted by Crippen LogP contribution is 2.24. The molecule has 0 spiro atoms. The Hall–Kier alpha value is -1.67. The fourth-order valence-electron chi connectivity index (χ4n) is 2.41. The number of nitrogen functional groups attached to an aromatic ring is 1. The van der Waals surface area contributed by atoms with Crippen LogP contribution in [-0.4, -0.2) is 34.7 Å². The monoisotopic (exact) mass is 339 g/mol. The van der Waals surface area contributed by atoms with E-state index in [0.717, 1.165) is 41.7 Å². The smallest absolute Gasteiger partial charge is 0.213 e. The Morgan fingerprint density at radius 1 is 1.30 bits per heavy atom. The number of nitrogens with one attached hydrogen (secondary N) is 1. The number of unbranched alkanes of at least 4 members (excludes halogenated alkanes) is 1. The van der Waals surface area contributed by atoms with Crippen molar-refractivity contribution in [2.45, 2.75) is 52.3 Å². The van der Waals surface area contributed by atoms with E-state index < -0.39 is 15.3 Å². The van der Waals surface area contributed by atoms with Gasteiger partial charge in [0.25, 0.3) is 0 Å². The van der Waals surface area contributed by atoms with Crippen LogP contribution >= 0.6 is 0 Å². The lowest BCUT2D eigenvalue weighted by atomic mass is 10.2. The van der Waals surface area contributed by atoms with Crippen LogP contribution in [0.5, 0.6) is 0 Å². The molecule has 8 heteroatoms. The first-order valence-electron chi connectivity index (χ1n) is 7.80. The second-order valence-electron chi connectivity index (χ2n) is 6.04. The largest absolute Gasteiger partial charge is 0.382 e. The topological polar surface area (TPSA) is 103 Å². The van der Waals surface area contributed by atoms with E-state index in [1.165, 1.54) is 0 Å². The van der Waals surface area contributed by atoms with Gasteiger partial charge in [0.05, 0.1) is 17.1 Å². The summed E-state index contributed by atoms with van der Waals surface area (Å²) in [6.07, 6.45) is 3.39. The minimum Gasteiger partial charge on any atom is -0.382 e. The number of sulfonamides is 1. The summed E-state index contributed by atoms with van der Waals surface area (Å²) in [6, 6.07) is 0. The van der Waals surface area contributed by atoms with Gasteiger partial charge in [0, 0.05) is 18.8 Å². The van der Waals surface area contributed by atoms with Crippen molar-refractivity contribution >= 4 is 26.9 Å². The fourth-order valence-corrected chi connectivity index (χ4v) is 3.17. The van der Waals surface area contributed by atoms with Crippen LogP contribution in [0.1, 0.15) is 37.9 Å². The first kappa shape index (κ1) is 17.7. The second kappa shape index (κ2) is 6.84. The summed E-state index contributed by atoms with van der Waals surface area (Å²) in [5.41, 5.74) is 9.65. The van der Waals surface area contributed by atoms with Crippen molar-refractivity contribution < 1.29 is 8.42 Å².